The van der Waals surface area contributed by atoms with Crippen LogP contribution in [0.4, 0.5) is 11.4 Å². The van der Waals surface area contributed by atoms with E-state index in [1.165, 1.54) is 36.4 Å². The highest BCUT2D eigenvalue weighted by Gasteiger charge is 2.69. The number of hydrogen-bond acceptors (Lipinski definition) is 10. The summed E-state index contributed by atoms with van der Waals surface area (Å²) in [5.74, 6) is -9.81. The van der Waals surface area contributed by atoms with E-state index in [0.29, 0.717) is 9.80 Å². The fourth-order valence-electron chi connectivity index (χ4n) is 8.22. The Balaban J connectivity index is 1.27. The molecule has 18 heteroatoms. The van der Waals surface area contributed by atoms with E-state index in [2.05, 4.69) is 0 Å². The lowest BCUT2D eigenvalue weighted by molar-refractivity contribution is -0.149. The number of likely N-dealkylation sites (tertiary alicyclic amines) is 2. The zero-order valence-electron chi connectivity index (χ0n) is 30.2. The molecule has 2 spiro atoms. The van der Waals surface area contributed by atoms with Crippen molar-refractivity contribution >= 4 is 82.0 Å². The van der Waals surface area contributed by atoms with E-state index in [4.69, 9.17) is 32.7 Å². The van der Waals surface area contributed by atoms with Gasteiger partial charge in [-0.25, -0.2) is 9.59 Å². The lowest BCUT2D eigenvalue weighted by atomic mass is 9.80. The van der Waals surface area contributed by atoms with Gasteiger partial charge in [-0.3, -0.25) is 48.4 Å². The number of rotatable bonds is 14. The summed E-state index contributed by atoms with van der Waals surface area (Å²) in [7, 11) is 0. The number of amides is 6. The standard InChI is InChI=1S/C39H34Cl2N4O12/c1-2-56-14-12-42-28(46)18-38(34(42)52)24-16-22(40)8-10-26(24)44(36(38)54)30(32(48)49)31(33(50)51)45-27-11-9-23(41)17-25(27)39(37(45)55)19-29(47)43(35(39)53)13-15-57-20-21-6-4-3-5-7-21/h3-11,16-17,30-31H,2,12-15,18-20H2,1H3,(H,48,49)(H,50,51). The van der Waals surface area contributed by atoms with Gasteiger partial charge in [-0.1, -0.05) is 53.5 Å². The number of ether oxygens (including phenoxy) is 2. The summed E-state index contributed by atoms with van der Waals surface area (Å²) in [4.78, 5) is 115. The topological polar surface area (TPSA) is 208 Å². The third-order valence-corrected chi connectivity index (χ3v) is 11.2. The summed E-state index contributed by atoms with van der Waals surface area (Å²) in [6, 6.07) is 11.7. The molecule has 4 unspecified atom stereocenters. The SMILES string of the molecule is CCOCCN1C(=O)CC2(C1=O)C(=O)N(C(C(=O)O)C(C(=O)O)N1C(=O)C3(CC(=O)N(CCOCc4ccccc4)C3=O)c3cc(Cl)ccc31)c1ccc(Cl)cc12. The number of carbonyl (C=O) groups excluding carboxylic acids is 6. The maximum atomic E-state index is 14.8. The molecule has 7 rings (SSSR count). The lowest BCUT2D eigenvalue weighted by Crippen LogP contribution is -2.64. The molecule has 57 heavy (non-hydrogen) atoms. The molecule has 0 saturated carbocycles. The van der Waals surface area contributed by atoms with E-state index >= 15 is 0 Å². The van der Waals surface area contributed by atoms with Crippen LogP contribution in [0.15, 0.2) is 66.7 Å². The Kier molecular flexibility index (Phi) is 10.4. The van der Waals surface area contributed by atoms with Crippen molar-refractivity contribution in [2.45, 2.75) is 49.3 Å². The van der Waals surface area contributed by atoms with Gasteiger partial charge in [-0.2, -0.15) is 0 Å². The number of nitrogens with zero attached hydrogens (tertiary/aromatic N) is 4. The highest BCUT2D eigenvalue weighted by Crippen LogP contribution is 2.53. The first-order valence-electron chi connectivity index (χ1n) is 17.8. The third kappa shape index (κ3) is 6.14. The van der Waals surface area contributed by atoms with Crippen LogP contribution in [0.1, 0.15) is 36.5 Å². The molecule has 4 aliphatic heterocycles. The Morgan fingerprint density at radius 1 is 0.667 bits per heavy atom. The highest BCUT2D eigenvalue weighted by molar-refractivity contribution is 6.34. The predicted octanol–water partition coefficient (Wildman–Crippen LogP) is 2.54. The fourth-order valence-corrected chi connectivity index (χ4v) is 8.56. The minimum atomic E-state index is -2.47. The maximum Gasteiger partial charge on any atom is 0.329 e. The first kappa shape index (κ1) is 39.6. The zero-order chi connectivity index (χ0) is 41.0. The molecule has 296 valence electrons. The number of carboxylic acids is 2. The van der Waals surface area contributed by atoms with Crippen LogP contribution in [0, 0.1) is 0 Å². The Hall–Kier alpha value is -5.68. The molecule has 0 aromatic heterocycles. The minimum Gasteiger partial charge on any atom is -0.480 e. The van der Waals surface area contributed by atoms with Crippen LogP contribution in [0.5, 0.6) is 0 Å². The van der Waals surface area contributed by atoms with Crippen molar-refractivity contribution in [2.24, 2.45) is 0 Å². The van der Waals surface area contributed by atoms with Gasteiger partial charge >= 0.3 is 11.9 Å². The Morgan fingerprint density at radius 2 is 1.11 bits per heavy atom. The maximum absolute atomic E-state index is 14.8. The Morgan fingerprint density at radius 3 is 1.53 bits per heavy atom. The first-order chi connectivity index (χ1) is 27.2. The molecule has 2 saturated heterocycles. The van der Waals surface area contributed by atoms with Gasteiger partial charge in [0.05, 0.1) is 45.8 Å². The lowest BCUT2D eigenvalue weighted by Gasteiger charge is -2.36. The molecule has 0 aliphatic carbocycles. The smallest absolute Gasteiger partial charge is 0.329 e. The molecule has 0 bridgehead atoms. The predicted molar refractivity (Wildman–Crippen MR) is 199 cm³/mol. The van der Waals surface area contributed by atoms with Gasteiger partial charge in [0.1, 0.15) is 0 Å². The number of halogens is 2. The van der Waals surface area contributed by atoms with Gasteiger partial charge in [0.25, 0.3) is 0 Å². The molecule has 3 aromatic carbocycles. The van der Waals surface area contributed by atoms with Crippen LogP contribution in [0.2, 0.25) is 10.0 Å². The molecule has 4 aliphatic rings. The van der Waals surface area contributed by atoms with E-state index in [1.54, 1.807) is 6.92 Å². The van der Waals surface area contributed by atoms with E-state index in [1.807, 2.05) is 30.3 Å². The van der Waals surface area contributed by atoms with Gasteiger partial charge in [-0.15, -0.1) is 0 Å². The summed E-state index contributed by atoms with van der Waals surface area (Å²) in [6.07, 6.45) is -1.46. The van der Waals surface area contributed by atoms with Crippen LogP contribution in [0.3, 0.4) is 0 Å². The normalized spacial score (nSPS) is 22.4. The van der Waals surface area contributed by atoms with E-state index in [-0.39, 0.29) is 72.1 Å². The van der Waals surface area contributed by atoms with Crippen molar-refractivity contribution in [2.75, 3.05) is 42.7 Å². The van der Waals surface area contributed by atoms with Gasteiger partial charge in [0.15, 0.2) is 22.9 Å². The third-order valence-electron chi connectivity index (χ3n) is 10.8. The molecule has 4 atom stereocenters. The van der Waals surface area contributed by atoms with Crippen molar-refractivity contribution in [3.05, 3.63) is 93.5 Å². The molecular weight excluding hydrogens is 787 g/mol. The summed E-state index contributed by atoms with van der Waals surface area (Å²) in [5, 5.41) is 21.8. The minimum absolute atomic E-state index is 0.0232. The fraction of sp³-hybridized carbons (Fsp3) is 0.333. The second-order valence-corrected chi connectivity index (χ2v) is 14.7. The average molecular weight is 822 g/mol. The summed E-state index contributed by atoms with van der Waals surface area (Å²) in [5.41, 5.74) is -4.57. The van der Waals surface area contributed by atoms with Crippen molar-refractivity contribution in [1.29, 1.82) is 0 Å². The van der Waals surface area contributed by atoms with Crippen LogP contribution in [-0.2, 0) is 65.3 Å². The number of carboxylic acid groups (broad SMARTS) is 2. The number of imide groups is 2. The summed E-state index contributed by atoms with van der Waals surface area (Å²) in [6.45, 7) is 1.52. The molecule has 0 radical (unpaired) electrons. The van der Waals surface area contributed by atoms with Crippen LogP contribution in [-0.4, -0.2) is 112 Å². The van der Waals surface area contributed by atoms with Gasteiger partial charge < -0.3 is 19.7 Å². The number of aliphatic carboxylic acids is 2. The van der Waals surface area contributed by atoms with Crippen LogP contribution >= 0.6 is 23.2 Å². The second kappa shape index (κ2) is 15.0. The van der Waals surface area contributed by atoms with Crippen molar-refractivity contribution < 1.29 is 58.0 Å². The number of benzene rings is 3. The largest absolute Gasteiger partial charge is 0.480 e. The number of anilines is 2. The van der Waals surface area contributed by atoms with Gasteiger partial charge in [-0.05, 0) is 48.9 Å². The Bertz CT molecular complexity index is 2250. The summed E-state index contributed by atoms with van der Waals surface area (Å²) < 4.78 is 11.0. The molecule has 3 aromatic rings. The molecule has 6 amide bonds. The number of fused-ring (bicyclic) bond motifs is 4. The van der Waals surface area contributed by atoms with Gasteiger partial charge in [0, 0.05) is 39.2 Å². The van der Waals surface area contributed by atoms with Crippen molar-refractivity contribution in [3.63, 3.8) is 0 Å². The van der Waals surface area contributed by atoms with E-state index < -0.39 is 83.1 Å². The van der Waals surface area contributed by atoms with Crippen molar-refractivity contribution in [3.8, 4) is 0 Å². The molecule has 16 nitrogen and oxygen atoms in total. The monoisotopic (exact) mass is 820 g/mol. The summed E-state index contributed by atoms with van der Waals surface area (Å²) >= 11 is 12.7. The second-order valence-electron chi connectivity index (χ2n) is 13.8. The zero-order valence-corrected chi connectivity index (χ0v) is 31.7. The molecular formula is C39H34Cl2N4O12. The quantitative estimate of drug-likeness (QED) is 0.137. The van der Waals surface area contributed by atoms with Crippen LogP contribution < -0.4 is 9.80 Å². The number of carbonyl (C=O) groups is 8. The van der Waals surface area contributed by atoms with E-state index in [0.717, 1.165) is 15.4 Å². The average Bonchev–Trinajstić information content (AvgIpc) is 3.76. The molecule has 2 N–H and O–H groups in total. The van der Waals surface area contributed by atoms with Gasteiger partial charge in [0.2, 0.25) is 35.4 Å². The first-order valence-corrected chi connectivity index (χ1v) is 18.6. The Labute approximate surface area is 334 Å². The number of hydrogen-bond donors (Lipinski definition) is 2. The molecule has 2 fully saturated rings. The van der Waals surface area contributed by atoms with E-state index in [9.17, 15) is 48.6 Å². The van der Waals surface area contributed by atoms with Crippen molar-refractivity contribution in [1.82, 2.24) is 9.80 Å². The highest BCUT2D eigenvalue weighted by atomic mass is 35.5. The van der Waals surface area contributed by atoms with Crippen LogP contribution in [0.25, 0.3) is 0 Å². The molecule has 4 heterocycles.